The van der Waals surface area contributed by atoms with Crippen molar-refractivity contribution in [3.8, 4) is 5.75 Å². The maximum Gasteiger partial charge on any atom is 0.397 e. The van der Waals surface area contributed by atoms with E-state index in [4.69, 9.17) is 0 Å². The summed E-state index contributed by atoms with van der Waals surface area (Å²) in [6.45, 7) is 3.40. The van der Waals surface area contributed by atoms with Crippen molar-refractivity contribution in [2.45, 2.75) is 56.0 Å². The van der Waals surface area contributed by atoms with Crippen molar-refractivity contribution in [3.63, 3.8) is 0 Å². The molecule has 0 aliphatic rings. The van der Waals surface area contributed by atoms with Crippen LogP contribution < -0.4 is 4.74 Å². The van der Waals surface area contributed by atoms with Gasteiger partial charge in [0.25, 0.3) is 0 Å². The summed E-state index contributed by atoms with van der Waals surface area (Å²) in [6.07, 6.45) is -1.09. The maximum absolute atomic E-state index is 13.6. The van der Waals surface area contributed by atoms with E-state index in [-0.39, 0.29) is 12.0 Å². The van der Waals surface area contributed by atoms with Gasteiger partial charge in [-0.15, -0.1) is 0 Å². The summed E-state index contributed by atoms with van der Waals surface area (Å²) in [6, 6.07) is 2.24. The van der Waals surface area contributed by atoms with E-state index in [2.05, 4.69) is 27.3 Å². The molecule has 1 aromatic rings. The minimum atomic E-state index is -3.49. The highest BCUT2D eigenvalue weighted by molar-refractivity contribution is 14.1. The van der Waals surface area contributed by atoms with E-state index in [0.29, 0.717) is 10.3 Å². The molecule has 0 fully saturated rings. The van der Waals surface area contributed by atoms with Crippen LogP contribution in [0.25, 0.3) is 0 Å². The molecule has 1 rings (SSSR count). The Morgan fingerprint density at radius 1 is 1.19 bits per heavy atom. The van der Waals surface area contributed by atoms with Gasteiger partial charge >= 0.3 is 6.11 Å². The molecule has 0 radical (unpaired) electrons. The van der Waals surface area contributed by atoms with Gasteiger partial charge in [0.15, 0.2) is 11.6 Å². The number of halogens is 5. The Hall–Kier alpha value is -0.530. The molecule has 0 bridgehead atoms. The van der Waals surface area contributed by atoms with E-state index in [1.165, 1.54) is 13.0 Å². The van der Waals surface area contributed by atoms with Crippen LogP contribution >= 0.6 is 22.6 Å². The van der Waals surface area contributed by atoms with E-state index in [9.17, 15) is 17.6 Å². The average Bonchev–Trinajstić information content (AvgIpc) is 2.39. The summed E-state index contributed by atoms with van der Waals surface area (Å²) in [7, 11) is 0. The molecule has 1 unspecified atom stereocenters. The van der Waals surface area contributed by atoms with E-state index in [1.807, 2.05) is 6.92 Å². The predicted molar refractivity (Wildman–Crippen MR) is 83.2 cm³/mol. The number of rotatable bonds is 8. The zero-order chi connectivity index (χ0) is 16.0. The van der Waals surface area contributed by atoms with Crippen LogP contribution in [0, 0.1) is 18.6 Å². The molecule has 120 valence electrons. The third-order valence-electron chi connectivity index (χ3n) is 3.09. The molecule has 0 saturated carbocycles. The number of benzene rings is 1. The standard InChI is InChI=1S/C15H19F4IO/c1-3-5-11(20)6-4-9-15(18,19)21-12-8-7-10(2)13(16)14(12)17/h7-8,11H,3-6,9H2,1-2H3. The lowest BCUT2D eigenvalue weighted by molar-refractivity contribution is -0.183. The van der Waals surface area contributed by atoms with Gasteiger partial charge in [-0.25, -0.2) is 4.39 Å². The molecule has 0 aliphatic carbocycles. The van der Waals surface area contributed by atoms with Crippen LogP contribution in [0.2, 0.25) is 0 Å². The number of aryl methyl sites for hydroxylation is 1. The molecular formula is C15H19F4IO. The smallest absolute Gasteiger partial charge is 0.397 e. The lowest BCUT2D eigenvalue weighted by Crippen LogP contribution is -2.25. The second-order valence-corrected chi connectivity index (χ2v) is 6.79. The first-order valence-electron chi connectivity index (χ1n) is 6.92. The summed E-state index contributed by atoms with van der Waals surface area (Å²) in [4.78, 5) is 0. The first kappa shape index (κ1) is 18.5. The fourth-order valence-electron chi connectivity index (χ4n) is 1.91. The molecule has 1 atom stereocenters. The quantitative estimate of drug-likeness (QED) is 0.285. The highest BCUT2D eigenvalue weighted by Gasteiger charge is 2.32. The van der Waals surface area contributed by atoms with Crippen LogP contribution in [-0.4, -0.2) is 10.0 Å². The molecule has 6 heteroatoms. The fraction of sp³-hybridized carbons (Fsp3) is 0.600. The lowest BCUT2D eigenvalue weighted by atomic mass is 10.1. The molecule has 0 saturated heterocycles. The van der Waals surface area contributed by atoms with Gasteiger partial charge in [-0.2, -0.15) is 13.2 Å². The van der Waals surface area contributed by atoms with Gasteiger partial charge in [-0.1, -0.05) is 42.0 Å². The minimum absolute atomic E-state index is 0.0514. The molecule has 0 heterocycles. The normalized spacial score (nSPS) is 13.3. The number of hydrogen-bond donors (Lipinski definition) is 0. The first-order valence-corrected chi connectivity index (χ1v) is 8.17. The van der Waals surface area contributed by atoms with Gasteiger partial charge in [0.05, 0.1) is 6.42 Å². The van der Waals surface area contributed by atoms with Crippen molar-refractivity contribution >= 4 is 22.6 Å². The number of alkyl halides is 3. The molecule has 0 aliphatic heterocycles. The SMILES string of the molecule is CCCC(I)CCCC(F)(F)Oc1ccc(C)c(F)c1F. The Labute approximate surface area is 136 Å². The summed E-state index contributed by atoms with van der Waals surface area (Å²) in [5.74, 6) is -3.27. The van der Waals surface area contributed by atoms with Crippen molar-refractivity contribution in [2.24, 2.45) is 0 Å². The molecule has 0 aromatic heterocycles. The molecule has 0 N–H and O–H groups in total. The van der Waals surface area contributed by atoms with Gasteiger partial charge in [0, 0.05) is 3.92 Å². The van der Waals surface area contributed by atoms with Gasteiger partial charge in [0.2, 0.25) is 5.82 Å². The lowest BCUT2D eigenvalue weighted by Gasteiger charge is -2.19. The minimum Gasteiger partial charge on any atom is -0.429 e. The Morgan fingerprint density at radius 3 is 2.48 bits per heavy atom. The Balaban J connectivity index is 2.58. The van der Waals surface area contributed by atoms with Crippen molar-refractivity contribution in [2.75, 3.05) is 0 Å². The van der Waals surface area contributed by atoms with Crippen LogP contribution in [0.5, 0.6) is 5.75 Å². The molecule has 1 aromatic carbocycles. The van der Waals surface area contributed by atoms with Crippen LogP contribution in [-0.2, 0) is 0 Å². The zero-order valence-electron chi connectivity index (χ0n) is 12.1. The van der Waals surface area contributed by atoms with Crippen LogP contribution in [0.1, 0.15) is 44.6 Å². The Bertz CT molecular complexity index is 465. The van der Waals surface area contributed by atoms with Crippen molar-refractivity contribution < 1.29 is 22.3 Å². The number of ether oxygens (including phenoxy) is 1. The predicted octanol–water partition coefficient (Wildman–Crippen LogP) is 6.02. The van der Waals surface area contributed by atoms with E-state index < -0.39 is 29.9 Å². The second-order valence-electron chi connectivity index (χ2n) is 5.03. The zero-order valence-corrected chi connectivity index (χ0v) is 14.2. The van der Waals surface area contributed by atoms with Crippen LogP contribution in [0.15, 0.2) is 12.1 Å². The molecule has 0 spiro atoms. The summed E-state index contributed by atoms with van der Waals surface area (Å²) < 4.78 is 58.8. The average molecular weight is 418 g/mol. The maximum atomic E-state index is 13.6. The van der Waals surface area contributed by atoms with Gasteiger partial charge < -0.3 is 4.74 Å². The Kier molecular flexibility index (Phi) is 7.23. The highest BCUT2D eigenvalue weighted by atomic mass is 127. The molecule has 1 nitrogen and oxygen atoms in total. The van der Waals surface area contributed by atoms with E-state index in [1.54, 1.807) is 0 Å². The van der Waals surface area contributed by atoms with Crippen LogP contribution in [0.4, 0.5) is 17.6 Å². The van der Waals surface area contributed by atoms with Crippen LogP contribution in [0.3, 0.4) is 0 Å². The Morgan fingerprint density at radius 2 is 1.86 bits per heavy atom. The fourth-order valence-corrected chi connectivity index (χ4v) is 2.97. The summed E-state index contributed by atoms with van der Waals surface area (Å²) >= 11 is 2.23. The topological polar surface area (TPSA) is 9.23 Å². The first-order chi connectivity index (χ1) is 9.76. The molecular weight excluding hydrogens is 399 g/mol. The third kappa shape index (κ3) is 6.00. The number of hydrogen-bond acceptors (Lipinski definition) is 1. The second kappa shape index (κ2) is 8.19. The van der Waals surface area contributed by atoms with E-state index in [0.717, 1.165) is 18.9 Å². The third-order valence-corrected chi connectivity index (χ3v) is 4.33. The van der Waals surface area contributed by atoms with Gasteiger partial charge in [-0.3, -0.25) is 0 Å². The largest absolute Gasteiger partial charge is 0.429 e. The van der Waals surface area contributed by atoms with Crippen molar-refractivity contribution in [1.82, 2.24) is 0 Å². The highest BCUT2D eigenvalue weighted by Crippen LogP contribution is 2.31. The summed E-state index contributed by atoms with van der Waals surface area (Å²) in [5.41, 5.74) is 0.0514. The van der Waals surface area contributed by atoms with Crippen molar-refractivity contribution in [1.29, 1.82) is 0 Å². The molecule has 0 amide bonds. The van der Waals surface area contributed by atoms with Gasteiger partial charge in [0.1, 0.15) is 0 Å². The van der Waals surface area contributed by atoms with Crippen molar-refractivity contribution in [3.05, 3.63) is 29.3 Å². The summed E-state index contributed by atoms with van der Waals surface area (Å²) in [5, 5.41) is 0. The van der Waals surface area contributed by atoms with E-state index >= 15 is 0 Å². The van der Waals surface area contributed by atoms with Gasteiger partial charge in [-0.05, 0) is 37.8 Å². The monoisotopic (exact) mass is 418 g/mol. The molecule has 21 heavy (non-hydrogen) atoms.